The van der Waals surface area contributed by atoms with Gasteiger partial charge in [-0.1, -0.05) is 41.9 Å². The number of nitrogens with zero attached hydrogens (tertiary/aromatic N) is 2. The van der Waals surface area contributed by atoms with Crippen LogP contribution in [0.2, 0.25) is 5.02 Å². The first kappa shape index (κ1) is 21.2. The van der Waals surface area contributed by atoms with Gasteiger partial charge in [0.1, 0.15) is 5.69 Å². The molecule has 1 aliphatic rings. The van der Waals surface area contributed by atoms with Crippen LogP contribution in [0.25, 0.3) is 22.0 Å². The second-order valence-corrected chi connectivity index (χ2v) is 8.69. The predicted octanol–water partition coefficient (Wildman–Crippen LogP) is 5.10. The Morgan fingerprint density at radius 2 is 1.97 bits per heavy atom. The van der Waals surface area contributed by atoms with Crippen molar-refractivity contribution in [3.05, 3.63) is 88.4 Å². The van der Waals surface area contributed by atoms with Crippen LogP contribution in [0.4, 0.5) is 11.4 Å². The van der Waals surface area contributed by atoms with Crippen molar-refractivity contribution in [2.45, 2.75) is 12.8 Å². The van der Waals surface area contributed by atoms with E-state index in [4.69, 9.17) is 11.6 Å². The second-order valence-electron chi connectivity index (χ2n) is 8.25. The predicted molar refractivity (Wildman–Crippen MR) is 133 cm³/mol. The Kier molecular flexibility index (Phi) is 5.84. The quantitative estimate of drug-likeness (QED) is 0.446. The van der Waals surface area contributed by atoms with E-state index in [1.54, 1.807) is 24.5 Å². The molecule has 0 spiro atoms. The molecule has 33 heavy (non-hydrogen) atoms. The van der Waals surface area contributed by atoms with Crippen molar-refractivity contribution in [2.24, 2.45) is 5.92 Å². The fourth-order valence-corrected chi connectivity index (χ4v) is 4.70. The standard InChI is InChI=1S/C26H23ClN4O2/c27-19-10-11-22-21(14-19)23(17-6-2-1-3-7-17)24(26(33)30-22)31-13-5-8-18(16-31)25(32)29-20-9-4-12-28-15-20/h1-4,6-7,9-12,14-15,18H,5,8,13,16H2,(H,29,32)(H,30,33)/t18-/m0/s1. The number of aromatic amines is 1. The number of carbonyl (C=O) groups excluding carboxylic acids is 1. The zero-order valence-corrected chi connectivity index (χ0v) is 18.7. The molecule has 2 aromatic carbocycles. The van der Waals surface area contributed by atoms with Crippen LogP contribution in [0.5, 0.6) is 0 Å². The zero-order valence-electron chi connectivity index (χ0n) is 17.9. The third-order valence-corrected chi connectivity index (χ3v) is 6.29. The highest BCUT2D eigenvalue weighted by molar-refractivity contribution is 6.31. The van der Waals surface area contributed by atoms with Crippen molar-refractivity contribution in [2.75, 3.05) is 23.3 Å². The summed E-state index contributed by atoms with van der Waals surface area (Å²) in [6.07, 6.45) is 4.87. The lowest BCUT2D eigenvalue weighted by molar-refractivity contribution is -0.120. The van der Waals surface area contributed by atoms with Gasteiger partial charge in [0.05, 0.1) is 17.8 Å². The van der Waals surface area contributed by atoms with E-state index in [-0.39, 0.29) is 17.4 Å². The van der Waals surface area contributed by atoms with E-state index < -0.39 is 0 Å². The van der Waals surface area contributed by atoms with Gasteiger partial charge in [0.15, 0.2) is 0 Å². The van der Waals surface area contributed by atoms with Crippen LogP contribution < -0.4 is 15.8 Å². The van der Waals surface area contributed by atoms with Crippen LogP contribution in [-0.2, 0) is 4.79 Å². The van der Waals surface area contributed by atoms with Crippen molar-refractivity contribution in [1.29, 1.82) is 0 Å². The number of amides is 1. The van der Waals surface area contributed by atoms with Crippen LogP contribution in [0.3, 0.4) is 0 Å². The summed E-state index contributed by atoms with van der Waals surface area (Å²) in [5.74, 6) is -0.300. The molecule has 166 valence electrons. The minimum absolute atomic E-state index is 0.0609. The van der Waals surface area contributed by atoms with Crippen LogP contribution in [0.1, 0.15) is 12.8 Å². The van der Waals surface area contributed by atoms with E-state index in [2.05, 4.69) is 15.3 Å². The molecule has 1 saturated heterocycles. The molecule has 3 heterocycles. The molecule has 0 radical (unpaired) electrons. The maximum absolute atomic E-state index is 13.3. The van der Waals surface area contributed by atoms with E-state index in [1.807, 2.05) is 53.4 Å². The molecule has 5 rings (SSSR count). The Balaban J connectivity index is 1.56. The van der Waals surface area contributed by atoms with Gasteiger partial charge >= 0.3 is 0 Å². The van der Waals surface area contributed by atoms with Gasteiger partial charge in [-0.3, -0.25) is 14.6 Å². The molecule has 7 heteroatoms. The molecule has 1 fully saturated rings. The third-order valence-electron chi connectivity index (χ3n) is 6.05. The van der Waals surface area contributed by atoms with Gasteiger partial charge in [0.25, 0.3) is 5.56 Å². The van der Waals surface area contributed by atoms with Crippen LogP contribution in [0.15, 0.2) is 77.9 Å². The van der Waals surface area contributed by atoms with Crippen molar-refractivity contribution < 1.29 is 4.79 Å². The maximum Gasteiger partial charge on any atom is 0.272 e. The largest absolute Gasteiger partial charge is 0.366 e. The summed E-state index contributed by atoms with van der Waals surface area (Å²) in [6.45, 7) is 1.16. The number of hydrogen-bond acceptors (Lipinski definition) is 4. The van der Waals surface area contributed by atoms with Gasteiger partial charge in [-0.05, 0) is 48.7 Å². The van der Waals surface area contributed by atoms with Crippen LogP contribution in [-0.4, -0.2) is 29.0 Å². The molecule has 2 N–H and O–H groups in total. The molecule has 0 bridgehead atoms. The Labute approximate surface area is 196 Å². The first-order chi connectivity index (χ1) is 16.1. The lowest BCUT2D eigenvalue weighted by atomic mass is 9.94. The minimum atomic E-state index is -0.239. The highest BCUT2D eigenvalue weighted by Crippen LogP contribution is 2.37. The maximum atomic E-state index is 13.3. The van der Waals surface area contributed by atoms with Crippen molar-refractivity contribution in [3.63, 3.8) is 0 Å². The fourth-order valence-electron chi connectivity index (χ4n) is 4.53. The number of H-pyrrole nitrogens is 1. The number of pyridine rings is 2. The molecule has 4 aromatic rings. The van der Waals surface area contributed by atoms with E-state index in [0.29, 0.717) is 29.5 Å². The SMILES string of the molecule is O=C(Nc1cccnc1)[C@H]1CCCN(c2c(-c3ccccc3)c3cc(Cl)ccc3[nH]c2=O)C1. The van der Waals surface area contributed by atoms with Crippen LogP contribution >= 0.6 is 11.6 Å². The van der Waals surface area contributed by atoms with Gasteiger partial charge in [-0.2, -0.15) is 0 Å². The lowest BCUT2D eigenvalue weighted by Gasteiger charge is -2.34. The van der Waals surface area contributed by atoms with Crippen LogP contribution in [0, 0.1) is 5.92 Å². The van der Waals surface area contributed by atoms with Gasteiger partial charge in [0, 0.05) is 40.8 Å². The Morgan fingerprint density at radius 3 is 2.76 bits per heavy atom. The van der Waals surface area contributed by atoms with E-state index >= 15 is 0 Å². The molecular formula is C26H23ClN4O2. The summed E-state index contributed by atoms with van der Waals surface area (Å²) in [7, 11) is 0. The number of aromatic nitrogens is 2. The number of rotatable bonds is 4. The molecule has 0 saturated carbocycles. The lowest BCUT2D eigenvalue weighted by Crippen LogP contribution is -2.43. The Morgan fingerprint density at radius 1 is 1.12 bits per heavy atom. The Hall–Kier alpha value is -3.64. The molecule has 1 atom stereocenters. The molecule has 2 aromatic heterocycles. The first-order valence-electron chi connectivity index (χ1n) is 11.0. The van der Waals surface area contributed by atoms with Crippen molar-refractivity contribution in [1.82, 2.24) is 9.97 Å². The molecule has 1 aliphatic heterocycles. The highest BCUT2D eigenvalue weighted by atomic mass is 35.5. The summed E-state index contributed by atoms with van der Waals surface area (Å²) in [5.41, 5.74) is 3.59. The number of piperidine rings is 1. The van der Waals surface area contributed by atoms with E-state index in [1.165, 1.54) is 0 Å². The summed E-state index contributed by atoms with van der Waals surface area (Å²) < 4.78 is 0. The topological polar surface area (TPSA) is 78.1 Å². The molecule has 1 amide bonds. The first-order valence-corrected chi connectivity index (χ1v) is 11.3. The normalized spacial score (nSPS) is 16.0. The Bertz CT molecular complexity index is 1360. The van der Waals surface area contributed by atoms with E-state index in [9.17, 15) is 9.59 Å². The molecule has 0 unspecified atom stereocenters. The number of nitrogens with one attached hydrogen (secondary N) is 2. The number of halogens is 1. The number of benzene rings is 2. The highest BCUT2D eigenvalue weighted by Gasteiger charge is 2.29. The van der Waals surface area contributed by atoms with Gasteiger partial charge in [-0.25, -0.2) is 0 Å². The number of carbonyl (C=O) groups is 1. The van der Waals surface area contributed by atoms with Crippen molar-refractivity contribution in [3.8, 4) is 11.1 Å². The average molecular weight is 459 g/mol. The second kappa shape index (κ2) is 9.08. The van der Waals surface area contributed by atoms with Gasteiger partial charge in [-0.15, -0.1) is 0 Å². The summed E-state index contributed by atoms with van der Waals surface area (Å²) >= 11 is 6.33. The minimum Gasteiger partial charge on any atom is -0.366 e. The fraction of sp³-hybridized carbons (Fsp3) is 0.192. The molecule has 0 aliphatic carbocycles. The summed E-state index contributed by atoms with van der Waals surface area (Å²) in [4.78, 5) is 35.4. The summed E-state index contributed by atoms with van der Waals surface area (Å²) in [6, 6.07) is 18.9. The monoisotopic (exact) mass is 458 g/mol. The number of anilines is 2. The van der Waals surface area contributed by atoms with Gasteiger partial charge in [0.2, 0.25) is 5.91 Å². The van der Waals surface area contributed by atoms with Gasteiger partial charge < -0.3 is 15.2 Å². The summed E-state index contributed by atoms with van der Waals surface area (Å²) in [5, 5.41) is 4.43. The van der Waals surface area contributed by atoms with E-state index in [0.717, 1.165) is 34.9 Å². The van der Waals surface area contributed by atoms with Crippen molar-refractivity contribution >= 4 is 39.8 Å². The molecular weight excluding hydrogens is 436 g/mol. The average Bonchev–Trinajstić information content (AvgIpc) is 2.85. The number of hydrogen-bond donors (Lipinski definition) is 2. The third kappa shape index (κ3) is 4.34. The molecule has 6 nitrogen and oxygen atoms in total. The number of fused-ring (bicyclic) bond motifs is 1. The zero-order chi connectivity index (χ0) is 22.8. The smallest absolute Gasteiger partial charge is 0.272 e.